The summed E-state index contributed by atoms with van der Waals surface area (Å²) in [5.41, 5.74) is 1.60. The van der Waals surface area contributed by atoms with Crippen LogP contribution in [0.3, 0.4) is 0 Å². The van der Waals surface area contributed by atoms with Gasteiger partial charge in [-0.1, -0.05) is 46.8 Å². The van der Waals surface area contributed by atoms with Crippen molar-refractivity contribution in [3.8, 4) is 0 Å². The van der Waals surface area contributed by atoms with Crippen LogP contribution in [0.4, 0.5) is 0 Å². The number of hydrogen-bond donors (Lipinski definition) is 2. The van der Waals surface area contributed by atoms with Crippen LogP contribution >= 0.6 is 0 Å². The maximum Gasteiger partial charge on any atom is 0.329 e. The summed E-state index contributed by atoms with van der Waals surface area (Å²) >= 11 is 0. The van der Waals surface area contributed by atoms with Crippen LogP contribution in [0.2, 0.25) is 0 Å². The molecule has 2 rings (SSSR count). The second kappa shape index (κ2) is 8.76. The van der Waals surface area contributed by atoms with Gasteiger partial charge in [-0.2, -0.15) is 0 Å². The fourth-order valence-corrected chi connectivity index (χ4v) is 2.69. The van der Waals surface area contributed by atoms with Gasteiger partial charge in [-0.25, -0.2) is 4.79 Å². The van der Waals surface area contributed by atoms with Gasteiger partial charge in [0, 0.05) is 11.6 Å². The predicted molar refractivity (Wildman–Crippen MR) is 108 cm³/mol. The molecule has 6 heteroatoms. The largest absolute Gasteiger partial charge is 0.451 e. The molecule has 154 valence electrons. The van der Waals surface area contributed by atoms with Crippen molar-refractivity contribution in [2.45, 2.75) is 78.0 Å². The third-order valence-electron chi connectivity index (χ3n) is 4.81. The molecule has 1 aliphatic rings. The molecule has 0 saturated heterocycles. The van der Waals surface area contributed by atoms with Crippen molar-refractivity contribution in [2.24, 2.45) is 5.92 Å². The van der Waals surface area contributed by atoms with E-state index in [1.165, 1.54) is 0 Å². The Labute approximate surface area is 167 Å². The summed E-state index contributed by atoms with van der Waals surface area (Å²) in [5, 5.41) is 5.55. The summed E-state index contributed by atoms with van der Waals surface area (Å²) in [6.45, 7) is 11.5. The Morgan fingerprint density at radius 1 is 1.04 bits per heavy atom. The molecular weight excluding hydrogens is 356 g/mol. The van der Waals surface area contributed by atoms with E-state index >= 15 is 0 Å². The third kappa shape index (κ3) is 6.08. The molecule has 1 saturated carbocycles. The number of esters is 1. The first kappa shape index (κ1) is 21.9. The fraction of sp³-hybridized carbons (Fsp3) is 0.591. The lowest BCUT2D eigenvalue weighted by Gasteiger charge is -2.23. The second-order valence-corrected chi connectivity index (χ2v) is 8.88. The Kier molecular flexibility index (Phi) is 6.86. The van der Waals surface area contributed by atoms with Gasteiger partial charge in [0.05, 0.1) is 0 Å². The van der Waals surface area contributed by atoms with Crippen LogP contribution < -0.4 is 10.6 Å². The molecule has 1 unspecified atom stereocenters. The van der Waals surface area contributed by atoms with Crippen molar-refractivity contribution >= 4 is 17.8 Å². The summed E-state index contributed by atoms with van der Waals surface area (Å²) < 4.78 is 5.30. The van der Waals surface area contributed by atoms with Crippen molar-refractivity contribution in [1.29, 1.82) is 0 Å². The van der Waals surface area contributed by atoms with Crippen molar-refractivity contribution in [2.75, 3.05) is 0 Å². The number of ether oxygens (including phenoxy) is 1. The fourth-order valence-electron chi connectivity index (χ4n) is 2.69. The highest BCUT2D eigenvalue weighted by molar-refractivity contribution is 5.97. The highest BCUT2D eigenvalue weighted by atomic mass is 16.5. The lowest BCUT2D eigenvalue weighted by molar-refractivity contribution is -0.157. The number of benzene rings is 1. The Morgan fingerprint density at radius 3 is 2.07 bits per heavy atom. The first-order valence-electron chi connectivity index (χ1n) is 9.91. The molecule has 6 nitrogen and oxygen atoms in total. The topological polar surface area (TPSA) is 84.5 Å². The van der Waals surface area contributed by atoms with E-state index in [4.69, 9.17) is 4.74 Å². The van der Waals surface area contributed by atoms with Crippen molar-refractivity contribution in [3.05, 3.63) is 35.4 Å². The van der Waals surface area contributed by atoms with Crippen molar-refractivity contribution in [1.82, 2.24) is 10.6 Å². The van der Waals surface area contributed by atoms with E-state index in [0.717, 1.165) is 18.4 Å². The van der Waals surface area contributed by atoms with Gasteiger partial charge >= 0.3 is 5.97 Å². The number of hydrogen-bond acceptors (Lipinski definition) is 4. The number of amides is 2. The van der Waals surface area contributed by atoms with E-state index in [-0.39, 0.29) is 29.2 Å². The number of rotatable bonds is 7. The maximum absolute atomic E-state index is 12.6. The van der Waals surface area contributed by atoms with Crippen LogP contribution in [0.5, 0.6) is 0 Å². The van der Waals surface area contributed by atoms with Crippen LogP contribution in [0.15, 0.2) is 24.3 Å². The molecule has 1 aromatic carbocycles. The Morgan fingerprint density at radius 2 is 1.61 bits per heavy atom. The summed E-state index contributed by atoms with van der Waals surface area (Å²) in [4.78, 5) is 37.1. The molecule has 0 heterocycles. The molecule has 0 aromatic heterocycles. The molecule has 28 heavy (non-hydrogen) atoms. The average molecular weight is 389 g/mol. The Balaban J connectivity index is 1.99. The Hall–Kier alpha value is -2.37. The van der Waals surface area contributed by atoms with E-state index in [0.29, 0.717) is 5.56 Å². The van der Waals surface area contributed by atoms with Gasteiger partial charge in [0.15, 0.2) is 6.10 Å². The summed E-state index contributed by atoms with van der Waals surface area (Å²) in [6, 6.07) is 6.72. The van der Waals surface area contributed by atoms with E-state index in [9.17, 15) is 14.4 Å². The molecule has 0 radical (unpaired) electrons. The number of carbonyl (C=O) groups is 3. The molecule has 1 aromatic rings. The molecule has 2 atom stereocenters. The highest BCUT2D eigenvalue weighted by Crippen LogP contribution is 2.22. The van der Waals surface area contributed by atoms with Crippen LogP contribution in [-0.4, -0.2) is 36.0 Å². The standard InChI is InChI=1S/C22H32N2O4/c1-13(2)18(21(27)28-14(3)19(25)23-17-11-12-17)24-20(26)15-7-9-16(10-8-15)22(4,5)6/h7-10,13-14,17-18H,11-12H2,1-6H3,(H,23,25)(H,24,26)/t14?,18-/m0/s1. The zero-order valence-electron chi connectivity index (χ0n) is 17.7. The van der Waals surface area contributed by atoms with Gasteiger partial charge in [0.25, 0.3) is 11.8 Å². The molecule has 1 fully saturated rings. The van der Waals surface area contributed by atoms with Gasteiger partial charge in [0.1, 0.15) is 6.04 Å². The summed E-state index contributed by atoms with van der Waals surface area (Å²) in [7, 11) is 0. The van der Waals surface area contributed by atoms with E-state index < -0.39 is 18.1 Å². The third-order valence-corrected chi connectivity index (χ3v) is 4.81. The van der Waals surface area contributed by atoms with Gasteiger partial charge < -0.3 is 15.4 Å². The molecule has 0 spiro atoms. The minimum atomic E-state index is -0.891. The van der Waals surface area contributed by atoms with Crippen LogP contribution in [0, 0.1) is 5.92 Å². The maximum atomic E-state index is 12.6. The second-order valence-electron chi connectivity index (χ2n) is 8.88. The van der Waals surface area contributed by atoms with Gasteiger partial charge in [-0.15, -0.1) is 0 Å². The van der Waals surface area contributed by atoms with Crippen LogP contribution in [-0.2, 0) is 19.7 Å². The van der Waals surface area contributed by atoms with Crippen molar-refractivity contribution < 1.29 is 19.1 Å². The first-order valence-corrected chi connectivity index (χ1v) is 9.91. The highest BCUT2D eigenvalue weighted by Gasteiger charge is 2.31. The number of nitrogens with one attached hydrogen (secondary N) is 2. The van der Waals surface area contributed by atoms with Gasteiger partial charge in [-0.3, -0.25) is 9.59 Å². The summed E-state index contributed by atoms with van der Waals surface area (Å²) in [6.07, 6.45) is 1.04. The lowest BCUT2D eigenvalue weighted by atomic mass is 9.86. The minimum Gasteiger partial charge on any atom is -0.451 e. The molecular formula is C22H32N2O4. The molecule has 0 aliphatic heterocycles. The zero-order chi connectivity index (χ0) is 21.1. The lowest BCUT2D eigenvalue weighted by Crippen LogP contribution is -2.47. The average Bonchev–Trinajstić information content (AvgIpc) is 3.42. The molecule has 0 bridgehead atoms. The number of carbonyl (C=O) groups excluding carboxylic acids is 3. The first-order chi connectivity index (χ1) is 13.0. The SMILES string of the molecule is CC(OC(=O)[C@@H](NC(=O)c1ccc(C(C)(C)C)cc1)C(C)C)C(=O)NC1CC1. The van der Waals surface area contributed by atoms with Crippen molar-refractivity contribution in [3.63, 3.8) is 0 Å². The molecule has 2 N–H and O–H groups in total. The van der Waals surface area contributed by atoms with Gasteiger partial charge in [-0.05, 0) is 48.8 Å². The summed E-state index contributed by atoms with van der Waals surface area (Å²) in [5.74, 6) is -1.43. The normalized spacial score (nSPS) is 16.2. The molecule has 1 aliphatic carbocycles. The van der Waals surface area contributed by atoms with E-state index in [1.54, 1.807) is 19.1 Å². The van der Waals surface area contributed by atoms with E-state index in [2.05, 4.69) is 31.4 Å². The zero-order valence-corrected chi connectivity index (χ0v) is 17.7. The van der Waals surface area contributed by atoms with E-state index in [1.807, 2.05) is 26.0 Å². The quantitative estimate of drug-likeness (QED) is 0.704. The van der Waals surface area contributed by atoms with Crippen LogP contribution in [0.25, 0.3) is 0 Å². The van der Waals surface area contributed by atoms with Gasteiger partial charge in [0.2, 0.25) is 0 Å². The Bertz CT molecular complexity index is 715. The smallest absolute Gasteiger partial charge is 0.329 e. The monoisotopic (exact) mass is 388 g/mol. The predicted octanol–water partition coefficient (Wildman–Crippen LogP) is 2.95. The molecule has 2 amide bonds. The van der Waals surface area contributed by atoms with Crippen LogP contribution in [0.1, 0.15) is 70.3 Å². The minimum absolute atomic E-state index is 0.00351.